The molecule has 0 aliphatic carbocycles. The molecule has 2 aromatic rings. The van der Waals surface area contributed by atoms with Gasteiger partial charge in [0.25, 0.3) is 0 Å². The fourth-order valence-electron chi connectivity index (χ4n) is 2.36. The molecule has 23 heavy (non-hydrogen) atoms. The molecule has 0 aliphatic heterocycles. The molecule has 3 N–H and O–H groups in total. The molecular formula is C17H24N4O2. The van der Waals surface area contributed by atoms with E-state index in [-0.39, 0.29) is 18.6 Å². The molecule has 0 saturated carbocycles. The first-order valence-corrected chi connectivity index (χ1v) is 7.75. The van der Waals surface area contributed by atoms with Gasteiger partial charge in [-0.3, -0.25) is 9.48 Å². The summed E-state index contributed by atoms with van der Waals surface area (Å²) < 4.78 is 1.66. The summed E-state index contributed by atoms with van der Waals surface area (Å²) >= 11 is 0. The number of nitrogens with zero attached hydrogens (tertiary/aromatic N) is 2. The van der Waals surface area contributed by atoms with E-state index >= 15 is 0 Å². The molecule has 0 saturated heterocycles. The lowest BCUT2D eigenvalue weighted by molar-refractivity contribution is -0.116. The number of aryl methyl sites for hydroxylation is 1. The Morgan fingerprint density at radius 1 is 1.39 bits per heavy atom. The van der Waals surface area contributed by atoms with E-state index in [0.29, 0.717) is 13.0 Å². The fourth-order valence-corrected chi connectivity index (χ4v) is 2.36. The van der Waals surface area contributed by atoms with Gasteiger partial charge >= 0.3 is 0 Å². The number of aliphatic hydroxyl groups is 1. The highest BCUT2D eigenvalue weighted by atomic mass is 16.3. The molecule has 1 aromatic heterocycles. The summed E-state index contributed by atoms with van der Waals surface area (Å²) in [6, 6.07) is 5.86. The number of rotatable bonds is 7. The van der Waals surface area contributed by atoms with Crippen LogP contribution in [0, 0.1) is 13.8 Å². The van der Waals surface area contributed by atoms with Crippen molar-refractivity contribution in [3.63, 3.8) is 0 Å². The topological polar surface area (TPSA) is 79.2 Å². The lowest BCUT2D eigenvalue weighted by Gasteiger charge is -2.15. The zero-order chi connectivity index (χ0) is 16.8. The Morgan fingerprint density at radius 2 is 2.17 bits per heavy atom. The molecule has 1 amide bonds. The predicted octanol–water partition coefficient (Wildman–Crippen LogP) is 2.32. The number of aliphatic hydroxyl groups excluding tert-OH is 1. The molecule has 124 valence electrons. The van der Waals surface area contributed by atoms with Crippen molar-refractivity contribution >= 4 is 17.3 Å². The van der Waals surface area contributed by atoms with Gasteiger partial charge in [0.1, 0.15) is 0 Å². The number of amides is 1. The molecule has 6 heteroatoms. The van der Waals surface area contributed by atoms with Crippen LogP contribution in [0.1, 0.15) is 24.5 Å². The normalized spacial score (nSPS) is 12.0. The molecule has 6 nitrogen and oxygen atoms in total. The van der Waals surface area contributed by atoms with Crippen molar-refractivity contribution in [3.05, 3.63) is 41.7 Å². The number of carbonyl (C=O) groups is 1. The highest BCUT2D eigenvalue weighted by Crippen LogP contribution is 2.18. The van der Waals surface area contributed by atoms with Crippen LogP contribution in [-0.2, 0) is 11.3 Å². The Hall–Kier alpha value is -2.34. The third-order valence-corrected chi connectivity index (χ3v) is 3.75. The van der Waals surface area contributed by atoms with E-state index in [1.54, 1.807) is 10.9 Å². The summed E-state index contributed by atoms with van der Waals surface area (Å²) in [5.41, 5.74) is 3.94. The van der Waals surface area contributed by atoms with Crippen LogP contribution < -0.4 is 10.6 Å². The second-order valence-electron chi connectivity index (χ2n) is 5.76. The monoisotopic (exact) mass is 316 g/mol. The first-order chi connectivity index (χ1) is 11.0. The van der Waals surface area contributed by atoms with Gasteiger partial charge in [-0.2, -0.15) is 5.10 Å². The van der Waals surface area contributed by atoms with Crippen molar-refractivity contribution in [3.8, 4) is 0 Å². The van der Waals surface area contributed by atoms with Crippen LogP contribution >= 0.6 is 0 Å². The maximum atomic E-state index is 12.2. The number of carbonyl (C=O) groups excluding carboxylic acids is 1. The number of hydrogen-bond acceptors (Lipinski definition) is 4. The number of aromatic nitrogens is 2. The van der Waals surface area contributed by atoms with Crippen molar-refractivity contribution in [1.29, 1.82) is 0 Å². The summed E-state index contributed by atoms with van der Waals surface area (Å²) in [5, 5.41) is 19.2. The fraction of sp³-hybridized carbons (Fsp3) is 0.412. The van der Waals surface area contributed by atoms with Crippen LogP contribution in [0.25, 0.3) is 0 Å². The number of anilines is 2. The zero-order valence-corrected chi connectivity index (χ0v) is 13.8. The van der Waals surface area contributed by atoms with Crippen molar-refractivity contribution in [2.45, 2.75) is 39.8 Å². The van der Waals surface area contributed by atoms with Gasteiger partial charge in [-0.15, -0.1) is 0 Å². The van der Waals surface area contributed by atoms with Gasteiger partial charge in [0.2, 0.25) is 5.91 Å². The maximum absolute atomic E-state index is 12.2. The predicted molar refractivity (Wildman–Crippen MR) is 91.6 cm³/mol. The van der Waals surface area contributed by atoms with Gasteiger partial charge in [-0.25, -0.2) is 0 Å². The average molecular weight is 316 g/mol. The van der Waals surface area contributed by atoms with Crippen LogP contribution in [0.4, 0.5) is 11.4 Å². The summed E-state index contributed by atoms with van der Waals surface area (Å²) in [4.78, 5) is 12.2. The van der Waals surface area contributed by atoms with E-state index in [0.717, 1.165) is 22.5 Å². The van der Waals surface area contributed by atoms with Gasteiger partial charge in [0.15, 0.2) is 0 Å². The quantitative estimate of drug-likeness (QED) is 0.732. The summed E-state index contributed by atoms with van der Waals surface area (Å²) in [6.07, 6.45) is 3.86. The van der Waals surface area contributed by atoms with E-state index in [1.165, 1.54) is 0 Å². The standard InChI is InChI=1S/C17H24N4O2/c1-12-5-4-6-16(14(12)3)20-17(23)9-13(2)19-15-10-18-21(11-15)7-8-22/h4-6,10-11,13,19,22H,7-9H2,1-3H3,(H,20,23). The lowest BCUT2D eigenvalue weighted by Crippen LogP contribution is -2.24. The van der Waals surface area contributed by atoms with Crippen LogP contribution in [0.5, 0.6) is 0 Å². The van der Waals surface area contributed by atoms with Crippen molar-refractivity contribution in [2.75, 3.05) is 17.2 Å². The van der Waals surface area contributed by atoms with Crippen LogP contribution in [-0.4, -0.2) is 33.4 Å². The molecule has 1 atom stereocenters. The summed E-state index contributed by atoms with van der Waals surface area (Å²) in [6.45, 7) is 6.49. The molecule has 0 fully saturated rings. The minimum atomic E-state index is -0.0264. The SMILES string of the molecule is Cc1cccc(NC(=O)CC(C)Nc2cnn(CCO)c2)c1C. The Morgan fingerprint density at radius 3 is 2.91 bits per heavy atom. The van der Waals surface area contributed by atoms with E-state index in [4.69, 9.17) is 5.11 Å². The van der Waals surface area contributed by atoms with Gasteiger partial charge in [0.05, 0.1) is 25.0 Å². The Labute approximate surface area is 136 Å². The smallest absolute Gasteiger partial charge is 0.226 e. The average Bonchev–Trinajstić information content (AvgIpc) is 2.91. The largest absolute Gasteiger partial charge is 0.394 e. The first kappa shape index (κ1) is 17.0. The molecule has 2 rings (SSSR count). The zero-order valence-electron chi connectivity index (χ0n) is 13.8. The third-order valence-electron chi connectivity index (χ3n) is 3.75. The Bertz CT molecular complexity index is 666. The van der Waals surface area contributed by atoms with Crippen molar-refractivity contribution in [2.24, 2.45) is 0 Å². The van der Waals surface area contributed by atoms with Crippen molar-refractivity contribution in [1.82, 2.24) is 9.78 Å². The molecule has 1 aromatic carbocycles. The number of hydrogen-bond donors (Lipinski definition) is 3. The summed E-state index contributed by atoms with van der Waals surface area (Å²) in [5.74, 6) is -0.0264. The molecule has 1 heterocycles. The van der Waals surface area contributed by atoms with Gasteiger partial charge in [-0.1, -0.05) is 12.1 Å². The van der Waals surface area contributed by atoms with Gasteiger partial charge < -0.3 is 15.7 Å². The Kier molecular flexibility index (Phi) is 5.76. The highest BCUT2D eigenvalue weighted by molar-refractivity contribution is 5.92. The minimum absolute atomic E-state index is 0.0214. The van der Waals surface area contributed by atoms with Crippen LogP contribution in [0.2, 0.25) is 0 Å². The first-order valence-electron chi connectivity index (χ1n) is 7.75. The molecule has 1 unspecified atom stereocenters. The second-order valence-corrected chi connectivity index (χ2v) is 5.76. The molecular weight excluding hydrogens is 292 g/mol. The summed E-state index contributed by atoms with van der Waals surface area (Å²) in [7, 11) is 0. The second kappa shape index (κ2) is 7.78. The third kappa shape index (κ3) is 4.82. The van der Waals surface area contributed by atoms with E-state index < -0.39 is 0 Å². The van der Waals surface area contributed by atoms with E-state index in [1.807, 2.05) is 45.2 Å². The molecule has 0 spiro atoms. The maximum Gasteiger partial charge on any atom is 0.226 e. The van der Waals surface area contributed by atoms with Gasteiger partial charge in [-0.05, 0) is 38.0 Å². The van der Waals surface area contributed by atoms with Crippen LogP contribution in [0.15, 0.2) is 30.6 Å². The van der Waals surface area contributed by atoms with Gasteiger partial charge in [0, 0.05) is 24.3 Å². The van der Waals surface area contributed by atoms with E-state index in [2.05, 4.69) is 15.7 Å². The van der Waals surface area contributed by atoms with E-state index in [9.17, 15) is 4.79 Å². The number of benzene rings is 1. The lowest BCUT2D eigenvalue weighted by atomic mass is 10.1. The molecule has 0 radical (unpaired) electrons. The van der Waals surface area contributed by atoms with Crippen LogP contribution in [0.3, 0.4) is 0 Å². The minimum Gasteiger partial charge on any atom is -0.394 e. The highest BCUT2D eigenvalue weighted by Gasteiger charge is 2.11. The Balaban J connectivity index is 1.87. The van der Waals surface area contributed by atoms with Crippen molar-refractivity contribution < 1.29 is 9.90 Å². The molecule has 0 aliphatic rings. The number of nitrogens with one attached hydrogen (secondary N) is 2. The molecule has 0 bridgehead atoms.